The third kappa shape index (κ3) is 5.67. The summed E-state index contributed by atoms with van der Waals surface area (Å²) < 4.78 is 5.36. The monoisotopic (exact) mass is 341 g/mol. The Bertz CT molecular complexity index is 588. The molecule has 7 heteroatoms. The Morgan fingerprint density at radius 1 is 1.26 bits per heavy atom. The molecule has 1 rings (SSSR count). The fourth-order valence-electron chi connectivity index (χ4n) is 1.82. The molecule has 1 aromatic heterocycles. The first-order valence-corrected chi connectivity index (χ1v) is 8.23. The average molecular weight is 341 g/mol. The first-order valence-electron chi connectivity index (χ1n) is 7.42. The number of nitrogens with one attached hydrogen (secondary N) is 1. The van der Waals surface area contributed by atoms with Gasteiger partial charge in [0.1, 0.15) is 16.5 Å². The maximum atomic E-state index is 12.3. The normalized spacial score (nSPS) is 14.0. The number of esters is 1. The number of carboxylic acid groups (broad SMARTS) is 1. The van der Waals surface area contributed by atoms with E-state index >= 15 is 0 Å². The van der Waals surface area contributed by atoms with E-state index in [2.05, 4.69) is 5.32 Å². The lowest BCUT2D eigenvalue weighted by atomic mass is 9.99. The second-order valence-corrected chi connectivity index (χ2v) is 7.42. The van der Waals surface area contributed by atoms with Gasteiger partial charge in [-0.3, -0.25) is 4.79 Å². The highest BCUT2D eigenvalue weighted by Gasteiger charge is 2.31. The summed E-state index contributed by atoms with van der Waals surface area (Å²) in [6, 6.07) is 2.03. The number of ether oxygens (including phenoxy) is 1. The third-order valence-electron chi connectivity index (χ3n) is 3.20. The molecule has 0 saturated heterocycles. The van der Waals surface area contributed by atoms with Gasteiger partial charge in [0.15, 0.2) is 0 Å². The van der Waals surface area contributed by atoms with Gasteiger partial charge in [0, 0.05) is 0 Å². The van der Waals surface area contributed by atoms with Crippen molar-refractivity contribution in [2.45, 2.75) is 52.7 Å². The van der Waals surface area contributed by atoms with Gasteiger partial charge in [0.2, 0.25) is 0 Å². The van der Waals surface area contributed by atoms with Crippen molar-refractivity contribution in [2.75, 3.05) is 0 Å². The van der Waals surface area contributed by atoms with Crippen molar-refractivity contribution in [1.82, 2.24) is 5.32 Å². The summed E-state index contributed by atoms with van der Waals surface area (Å²) in [7, 11) is 0. The SMILES string of the molecule is CC[C@H](C)[C@H](NC(=O)c1ccc(C(=O)O)s1)C(=O)OC(C)(C)C. The van der Waals surface area contributed by atoms with Crippen LogP contribution in [0.15, 0.2) is 12.1 Å². The lowest BCUT2D eigenvalue weighted by Gasteiger charge is -2.27. The van der Waals surface area contributed by atoms with Crippen LogP contribution in [0.1, 0.15) is 60.4 Å². The zero-order valence-corrected chi connectivity index (χ0v) is 14.8. The van der Waals surface area contributed by atoms with Gasteiger partial charge in [0.05, 0.1) is 4.88 Å². The van der Waals surface area contributed by atoms with Crippen molar-refractivity contribution in [3.8, 4) is 0 Å². The third-order valence-corrected chi connectivity index (χ3v) is 4.27. The van der Waals surface area contributed by atoms with Gasteiger partial charge in [-0.15, -0.1) is 11.3 Å². The van der Waals surface area contributed by atoms with Crippen LogP contribution in [0.5, 0.6) is 0 Å². The fraction of sp³-hybridized carbons (Fsp3) is 0.562. The second-order valence-electron chi connectivity index (χ2n) is 6.34. The predicted molar refractivity (Wildman–Crippen MR) is 87.8 cm³/mol. The van der Waals surface area contributed by atoms with E-state index in [0.29, 0.717) is 6.42 Å². The number of aromatic carboxylic acids is 1. The van der Waals surface area contributed by atoms with Gasteiger partial charge in [-0.1, -0.05) is 20.3 Å². The summed E-state index contributed by atoms with van der Waals surface area (Å²) in [5.41, 5.74) is -0.646. The van der Waals surface area contributed by atoms with Crippen LogP contribution < -0.4 is 5.32 Å². The summed E-state index contributed by atoms with van der Waals surface area (Å²) in [6.45, 7) is 9.06. The Labute approximate surface area is 139 Å². The fourth-order valence-corrected chi connectivity index (χ4v) is 2.57. The lowest BCUT2D eigenvalue weighted by Crippen LogP contribution is -2.47. The summed E-state index contributed by atoms with van der Waals surface area (Å²) in [6.07, 6.45) is 0.689. The van der Waals surface area contributed by atoms with Crippen LogP contribution in [-0.2, 0) is 9.53 Å². The molecule has 0 aliphatic rings. The molecule has 128 valence electrons. The Hall–Kier alpha value is -1.89. The first-order chi connectivity index (χ1) is 10.5. The zero-order valence-electron chi connectivity index (χ0n) is 14.0. The average Bonchev–Trinajstić information content (AvgIpc) is 2.91. The number of hydrogen-bond acceptors (Lipinski definition) is 5. The highest BCUT2D eigenvalue weighted by Crippen LogP contribution is 2.19. The molecule has 6 nitrogen and oxygen atoms in total. The summed E-state index contributed by atoms with van der Waals surface area (Å²) in [5, 5.41) is 11.6. The molecule has 0 saturated carbocycles. The number of rotatable bonds is 6. The molecular weight excluding hydrogens is 318 g/mol. The van der Waals surface area contributed by atoms with Gasteiger partial charge in [-0.25, -0.2) is 9.59 Å². The minimum atomic E-state index is -1.08. The maximum absolute atomic E-state index is 12.3. The van der Waals surface area contributed by atoms with E-state index in [-0.39, 0.29) is 15.7 Å². The Morgan fingerprint density at radius 3 is 2.26 bits per heavy atom. The number of carbonyl (C=O) groups is 3. The lowest BCUT2D eigenvalue weighted by molar-refractivity contribution is -0.158. The van der Waals surface area contributed by atoms with Crippen molar-refractivity contribution < 1.29 is 24.2 Å². The molecule has 2 atom stereocenters. The number of carbonyl (C=O) groups excluding carboxylic acids is 2. The summed E-state index contributed by atoms with van der Waals surface area (Å²) in [4.78, 5) is 35.8. The van der Waals surface area contributed by atoms with E-state index in [9.17, 15) is 14.4 Å². The number of thiophene rings is 1. The quantitative estimate of drug-likeness (QED) is 0.776. The van der Waals surface area contributed by atoms with Crippen LogP contribution in [0.2, 0.25) is 0 Å². The van der Waals surface area contributed by atoms with E-state index in [1.165, 1.54) is 12.1 Å². The number of hydrogen-bond donors (Lipinski definition) is 2. The molecule has 0 bridgehead atoms. The molecule has 2 N–H and O–H groups in total. The summed E-state index contributed by atoms with van der Waals surface area (Å²) in [5.74, 6) is -2.15. The molecule has 1 amide bonds. The Morgan fingerprint density at radius 2 is 1.83 bits per heavy atom. The van der Waals surface area contributed by atoms with E-state index in [4.69, 9.17) is 9.84 Å². The van der Waals surface area contributed by atoms with Gasteiger partial charge < -0.3 is 15.2 Å². The van der Waals surface area contributed by atoms with Crippen molar-refractivity contribution in [1.29, 1.82) is 0 Å². The molecule has 0 aliphatic carbocycles. The van der Waals surface area contributed by atoms with Crippen molar-refractivity contribution in [2.24, 2.45) is 5.92 Å². The largest absolute Gasteiger partial charge is 0.477 e. The molecule has 0 unspecified atom stereocenters. The van der Waals surface area contributed by atoms with Gasteiger partial charge in [0.25, 0.3) is 5.91 Å². The maximum Gasteiger partial charge on any atom is 0.345 e. The highest BCUT2D eigenvalue weighted by atomic mass is 32.1. The van der Waals surface area contributed by atoms with Crippen molar-refractivity contribution in [3.05, 3.63) is 21.9 Å². The predicted octanol–water partition coefficient (Wildman–Crippen LogP) is 2.93. The van der Waals surface area contributed by atoms with Gasteiger partial charge >= 0.3 is 11.9 Å². The Balaban J connectivity index is 2.89. The molecule has 0 radical (unpaired) electrons. The highest BCUT2D eigenvalue weighted by molar-refractivity contribution is 7.15. The smallest absolute Gasteiger partial charge is 0.345 e. The number of amides is 1. The summed E-state index contributed by atoms with van der Waals surface area (Å²) >= 11 is 0.872. The molecule has 0 aliphatic heterocycles. The molecule has 1 heterocycles. The molecule has 0 spiro atoms. The number of carboxylic acids is 1. The minimum Gasteiger partial charge on any atom is -0.477 e. The van der Waals surface area contributed by atoms with Crippen LogP contribution in [0.3, 0.4) is 0 Å². The van der Waals surface area contributed by atoms with E-state index in [1.54, 1.807) is 20.8 Å². The topological polar surface area (TPSA) is 92.7 Å². The van der Waals surface area contributed by atoms with E-state index in [0.717, 1.165) is 11.3 Å². The van der Waals surface area contributed by atoms with Gasteiger partial charge in [-0.05, 0) is 38.8 Å². The molecule has 0 aromatic carbocycles. The van der Waals surface area contributed by atoms with Crippen LogP contribution >= 0.6 is 11.3 Å². The molecular formula is C16H23NO5S. The van der Waals surface area contributed by atoms with Crippen molar-refractivity contribution in [3.63, 3.8) is 0 Å². The standard InChI is InChI=1S/C16H23NO5S/c1-6-9(2)12(15(21)22-16(3,4)5)17-13(18)10-7-8-11(23-10)14(19)20/h7-9,12H,6H2,1-5H3,(H,17,18)(H,19,20)/t9-,12-/m0/s1. The van der Waals surface area contributed by atoms with Crippen LogP contribution in [0.25, 0.3) is 0 Å². The Kier molecular flexibility index (Phi) is 6.32. The van der Waals surface area contributed by atoms with Crippen LogP contribution in [0, 0.1) is 5.92 Å². The molecule has 23 heavy (non-hydrogen) atoms. The van der Waals surface area contributed by atoms with Crippen LogP contribution in [-0.4, -0.2) is 34.6 Å². The van der Waals surface area contributed by atoms with Crippen LogP contribution in [0.4, 0.5) is 0 Å². The second kappa shape index (κ2) is 7.59. The molecule has 0 fully saturated rings. The van der Waals surface area contributed by atoms with E-state index < -0.39 is 29.5 Å². The molecule has 1 aromatic rings. The minimum absolute atomic E-state index is 0.0764. The van der Waals surface area contributed by atoms with E-state index in [1.807, 2.05) is 13.8 Å². The van der Waals surface area contributed by atoms with Gasteiger partial charge in [-0.2, -0.15) is 0 Å². The zero-order chi connectivity index (χ0) is 17.8. The first kappa shape index (κ1) is 19.2. The van der Waals surface area contributed by atoms with Crippen molar-refractivity contribution >= 4 is 29.2 Å².